The lowest BCUT2D eigenvalue weighted by molar-refractivity contribution is 0.251. The van der Waals surface area contributed by atoms with Gasteiger partial charge >= 0.3 is 6.03 Å². The molecule has 0 fully saturated rings. The number of nitrogens with zero attached hydrogens (tertiary/aromatic N) is 2. The molecule has 0 atom stereocenters. The molecule has 0 aliphatic carbocycles. The van der Waals surface area contributed by atoms with Crippen LogP contribution in [0.15, 0.2) is 90.0 Å². The van der Waals surface area contributed by atoms with Crippen molar-refractivity contribution in [2.45, 2.75) is 18.4 Å². The Morgan fingerprint density at radius 1 is 1.00 bits per heavy atom. The molecular formula is C24H22ClN5O3S. The summed E-state index contributed by atoms with van der Waals surface area (Å²) in [5.41, 5.74) is 3.32. The van der Waals surface area contributed by atoms with E-state index in [1.165, 1.54) is 24.3 Å². The number of hydrogen-bond donors (Lipinski definition) is 3. The van der Waals surface area contributed by atoms with Crippen molar-refractivity contribution in [3.8, 4) is 5.69 Å². The number of rotatable bonds is 7. The first-order valence-corrected chi connectivity index (χ1v) is 12.2. The Labute approximate surface area is 202 Å². The summed E-state index contributed by atoms with van der Waals surface area (Å²) >= 11 is 5.84. The predicted molar refractivity (Wildman–Crippen MR) is 133 cm³/mol. The van der Waals surface area contributed by atoms with Gasteiger partial charge in [-0.15, -0.1) is 0 Å². The van der Waals surface area contributed by atoms with E-state index in [0.29, 0.717) is 16.4 Å². The molecule has 0 saturated heterocycles. The third-order valence-corrected chi connectivity index (χ3v) is 6.53. The van der Waals surface area contributed by atoms with Crippen LogP contribution in [0.2, 0.25) is 5.02 Å². The van der Waals surface area contributed by atoms with Gasteiger partial charge in [0, 0.05) is 23.5 Å². The summed E-state index contributed by atoms with van der Waals surface area (Å²) in [7, 11) is -3.76. The number of carbonyl (C=O) groups is 1. The highest BCUT2D eigenvalue weighted by atomic mass is 35.5. The van der Waals surface area contributed by atoms with E-state index in [2.05, 4.69) is 20.5 Å². The number of sulfonamides is 1. The zero-order valence-corrected chi connectivity index (χ0v) is 19.8. The molecule has 4 aromatic rings. The van der Waals surface area contributed by atoms with Gasteiger partial charge in [-0.2, -0.15) is 5.10 Å². The molecule has 3 N–H and O–H groups in total. The number of aromatic nitrogens is 2. The van der Waals surface area contributed by atoms with Crippen molar-refractivity contribution in [3.05, 3.63) is 101 Å². The Hall–Kier alpha value is -3.82. The molecule has 0 bridgehead atoms. The molecule has 1 aromatic heterocycles. The number of aryl methyl sites for hydroxylation is 1. The average molecular weight is 496 g/mol. The second kappa shape index (κ2) is 9.98. The summed E-state index contributed by atoms with van der Waals surface area (Å²) < 4.78 is 29.4. The third-order valence-electron chi connectivity index (χ3n) is 4.88. The first-order valence-electron chi connectivity index (χ1n) is 10.3. The van der Waals surface area contributed by atoms with E-state index in [-0.39, 0.29) is 11.4 Å². The van der Waals surface area contributed by atoms with Gasteiger partial charge in [-0.05, 0) is 67.1 Å². The number of halogens is 1. The number of hydrogen-bond acceptors (Lipinski definition) is 4. The van der Waals surface area contributed by atoms with Crippen LogP contribution in [0.1, 0.15) is 11.3 Å². The van der Waals surface area contributed by atoms with Gasteiger partial charge in [0.2, 0.25) is 0 Å². The second-order valence-electron chi connectivity index (χ2n) is 7.49. The molecule has 174 valence electrons. The van der Waals surface area contributed by atoms with Crippen LogP contribution in [0.5, 0.6) is 0 Å². The Morgan fingerprint density at radius 2 is 1.76 bits per heavy atom. The number of carbonyl (C=O) groups excluding carboxylic acids is 1. The maximum absolute atomic E-state index is 12.6. The molecule has 0 spiro atoms. The van der Waals surface area contributed by atoms with Crippen molar-refractivity contribution in [3.63, 3.8) is 0 Å². The average Bonchev–Trinajstić information content (AvgIpc) is 3.24. The highest BCUT2D eigenvalue weighted by Gasteiger charge is 2.14. The summed E-state index contributed by atoms with van der Waals surface area (Å²) in [6.07, 6.45) is 1.82. The zero-order chi connectivity index (χ0) is 24.1. The van der Waals surface area contributed by atoms with E-state index < -0.39 is 16.1 Å². The minimum atomic E-state index is -3.76. The van der Waals surface area contributed by atoms with Gasteiger partial charge in [-0.3, -0.25) is 4.72 Å². The van der Waals surface area contributed by atoms with Gasteiger partial charge in [-0.1, -0.05) is 35.9 Å². The molecule has 3 aromatic carbocycles. The topological polar surface area (TPSA) is 105 Å². The highest BCUT2D eigenvalue weighted by molar-refractivity contribution is 7.92. The molecule has 2 amide bonds. The maximum Gasteiger partial charge on any atom is 0.319 e. The zero-order valence-electron chi connectivity index (χ0n) is 18.2. The second-order valence-corrected chi connectivity index (χ2v) is 9.61. The SMILES string of the molecule is Cc1ccn(-c2ccccc2NC(=O)NCc2cccc(NS(=O)(=O)c3ccc(Cl)cc3)c2)n1. The largest absolute Gasteiger partial charge is 0.334 e. The molecule has 0 aliphatic rings. The van der Waals surface area contributed by atoms with Crippen molar-refractivity contribution >= 4 is 39.0 Å². The van der Waals surface area contributed by atoms with E-state index in [1.807, 2.05) is 37.4 Å². The lowest BCUT2D eigenvalue weighted by atomic mass is 10.2. The van der Waals surface area contributed by atoms with E-state index >= 15 is 0 Å². The number of para-hydroxylation sites is 2. The van der Waals surface area contributed by atoms with E-state index in [4.69, 9.17) is 11.6 Å². The van der Waals surface area contributed by atoms with E-state index in [1.54, 1.807) is 35.0 Å². The van der Waals surface area contributed by atoms with Crippen molar-refractivity contribution in [1.29, 1.82) is 0 Å². The standard InChI is InChI=1S/C24H22ClN5O3S/c1-17-13-14-30(28-17)23-8-3-2-7-22(23)27-24(31)26-16-18-5-4-6-20(15-18)29-34(32,33)21-11-9-19(25)10-12-21/h2-15,29H,16H2,1H3,(H2,26,27,31). The van der Waals surface area contributed by atoms with E-state index in [9.17, 15) is 13.2 Å². The molecule has 0 radical (unpaired) electrons. The number of nitrogens with one attached hydrogen (secondary N) is 3. The van der Waals surface area contributed by atoms with Crippen LogP contribution in [-0.4, -0.2) is 24.2 Å². The lowest BCUT2D eigenvalue weighted by Gasteiger charge is -2.13. The van der Waals surface area contributed by atoms with Crippen LogP contribution in [0.4, 0.5) is 16.2 Å². The normalized spacial score (nSPS) is 11.1. The summed E-state index contributed by atoms with van der Waals surface area (Å²) in [6.45, 7) is 2.09. The molecule has 34 heavy (non-hydrogen) atoms. The minimum Gasteiger partial charge on any atom is -0.334 e. The van der Waals surface area contributed by atoms with Gasteiger partial charge in [0.15, 0.2) is 0 Å². The fraction of sp³-hybridized carbons (Fsp3) is 0.0833. The van der Waals surface area contributed by atoms with Crippen molar-refractivity contribution in [2.24, 2.45) is 0 Å². The summed E-state index contributed by atoms with van der Waals surface area (Å²) in [6, 6.07) is 21.5. The molecule has 0 unspecified atom stereocenters. The quantitative estimate of drug-likeness (QED) is 0.337. The Kier molecular flexibility index (Phi) is 6.85. The summed E-state index contributed by atoms with van der Waals surface area (Å²) in [4.78, 5) is 12.6. The molecule has 4 rings (SSSR count). The Balaban J connectivity index is 1.40. The van der Waals surface area contributed by atoms with Crippen LogP contribution < -0.4 is 15.4 Å². The molecule has 0 saturated carbocycles. The van der Waals surface area contributed by atoms with Crippen LogP contribution in [0.25, 0.3) is 5.69 Å². The molecule has 1 heterocycles. The number of amides is 2. The first-order chi connectivity index (χ1) is 16.3. The van der Waals surface area contributed by atoms with Crippen molar-refractivity contribution in [2.75, 3.05) is 10.0 Å². The fourth-order valence-corrected chi connectivity index (χ4v) is 4.43. The number of urea groups is 1. The smallest absolute Gasteiger partial charge is 0.319 e. The van der Waals surface area contributed by atoms with Gasteiger partial charge in [-0.25, -0.2) is 17.9 Å². The molecule has 8 nitrogen and oxygen atoms in total. The van der Waals surface area contributed by atoms with Gasteiger partial charge in [0.05, 0.1) is 22.0 Å². The molecule has 0 aliphatic heterocycles. The molecule has 10 heteroatoms. The van der Waals surface area contributed by atoms with Crippen molar-refractivity contribution < 1.29 is 13.2 Å². The van der Waals surface area contributed by atoms with Crippen LogP contribution in [0.3, 0.4) is 0 Å². The van der Waals surface area contributed by atoms with Crippen LogP contribution in [0, 0.1) is 6.92 Å². The highest BCUT2D eigenvalue weighted by Crippen LogP contribution is 2.21. The minimum absolute atomic E-state index is 0.103. The molecular weight excluding hydrogens is 474 g/mol. The summed E-state index contributed by atoms with van der Waals surface area (Å²) in [5, 5.41) is 10.5. The fourth-order valence-electron chi connectivity index (χ4n) is 3.25. The Bertz CT molecular complexity index is 1420. The van der Waals surface area contributed by atoms with Gasteiger partial charge < -0.3 is 10.6 Å². The first kappa shape index (κ1) is 23.3. The van der Waals surface area contributed by atoms with Crippen LogP contribution >= 0.6 is 11.6 Å². The lowest BCUT2D eigenvalue weighted by Crippen LogP contribution is -2.28. The van der Waals surface area contributed by atoms with Crippen LogP contribution in [-0.2, 0) is 16.6 Å². The van der Waals surface area contributed by atoms with E-state index in [0.717, 1.165) is 16.9 Å². The number of benzene rings is 3. The summed E-state index contributed by atoms with van der Waals surface area (Å²) in [5.74, 6) is 0. The number of anilines is 2. The monoisotopic (exact) mass is 495 g/mol. The maximum atomic E-state index is 12.6. The predicted octanol–water partition coefficient (Wildman–Crippen LogP) is 4.96. The van der Waals surface area contributed by atoms with Gasteiger partial charge in [0.1, 0.15) is 0 Å². The Morgan fingerprint density at radius 3 is 2.50 bits per heavy atom. The van der Waals surface area contributed by atoms with Gasteiger partial charge in [0.25, 0.3) is 10.0 Å². The van der Waals surface area contributed by atoms with Crippen molar-refractivity contribution in [1.82, 2.24) is 15.1 Å². The third kappa shape index (κ3) is 5.75.